The van der Waals surface area contributed by atoms with Crippen molar-refractivity contribution in [2.75, 3.05) is 19.3 Å². The van der Waals surface area contributed by atoms with Crippen LogP contribution in [0, 0.1) is 11.7 Å². The number of pyridine rings is 1. The molecule has 1 fully saturated rings. The van der Waals surface area contributed by atoms with Crippen molar-refractivity contribution in [3.05, 3.63) is 59.5 Å². The first-order valence-corrected chi connectivity index (χ1v) is 9.00. The minimum Gasteiger partial charge on any atom is -0.481 e. The van der Waals surface area contributed by atoms with Crippen molar-refractivity contribution in [2.45, 2.75) is 10.9 Å². The third kappa shape index (κ3) is 3.51. The second kappa shape index (κ2) is 7.23. The molecule has 130 valence electrons. The van der Waals surface area contributed by atoms with Crippen molar-refractivity contribution in [2.24, 2.45) is 5.92 Å². The highest BCUT2D eigenvalue weighted by atomic mass is 32.2. The van der Waals surface area contributed by atoms with Crippen molar-refractivity contribution in [1.29, 1.82) is 0 Å². The Kier molecular flexibility index (Phi) is 5.03. The Hall–Kier alpha value is -2.41. The zero-order valence-corrected chi connectivity index (χ0v) is 14.4. The predicted octanol–water partition coefficient (Wildman–Crippen LogP) is 2.88. The number of benzene rings is 1. The number of aliphatic carboxylic acids is 1. The molecule has 1 amide bonds. The molecule has 0 aliphatic carbocycles. The fourth-order valence-corrected chi connectivity index (χ4v) is 3.70. The first-order chi connectivity index (χ1) is 12.0. The van der Waals surface area contributed by atoms with Crippen LogP contribution in [0.4, 0.5) is 4.39 Å². The van der Waals surface area contributed by atoms with E-state index in [4.69, 9.17) is 0 Å². The number of thioether (sulfide) groups is 1. The van der Waals surface area contributed by atoms with E-state index in [1.165, 1.54) is 23.9 Å². The number of carboxylic acids is 1. The molecule has 2 heterocycles. The molecule has 0 radical (unpaired) electrons. The van der Waals surface area contributed by atoms with E-state index in [0.29, 0.717) is 10.6 Å². The van der Waals surface area contributed by atoms with Gasteiger partial charge in [-0.1, -0.05) is 12.1 Å². The lowest BCUT2D eigenvalue weighted by molar-refractivity contribution is -0.141. The van der Waals surface area contributed by atoms with Gasteiger partial charge in [0.1, 0.15) is 10.8 Å². The predicted molar refractivity (Wildman–Crippen MR) is 92.2 cm³/mol. The molecule has 1 N–H and O–H groups in total. The number of hydrogen-bond donors (Lipinski definition) is 1. The van der Waals surface area contributed by atoms with E-state index >= 15 is 0 Å². The zero-order chi connectivity index (χ0) is 18.0. The number of nitrogens with zero attached hydrogens (tertiary/aromatic N) is 2. The number of rotatable bonds is 4. The van der Waals surface area contributed by atoms with Gasteiger partial charge in [0, 0.05) is 25.2 Å². The molecule has 2 atom stereocenters. The number of hydrogen-bond acceptors (Lipinski definition) is 4. The summed E-state index contributed by atoms with van der Waals surface area (Å²) in [6.45, 7) is 0.406. The number of carbonyl (C=O) groups excluding carboxylic acids is 1. The van der Waals surface area contributed by atoms with Gasteiger partial charge in [0.05, 0.1) is 11.5 Å². The highest BCUT2D eigenvalue weighted by Crippen LogP contribution is 2.34. The summed E-state index contributed by atoms with van der Waals surface area (Å²) >= 11 is 1.37. The van der Waals surface area contributed by atoms with Crippen LogP contribution in [0.3, 0.4) is 0 Å². The molecule has 25 heavy (non-hydrogen) atoms. The van der Waals surface area contributed by atoms with Gasteiger partial charge < -0.3 is 10.0 Å². The van der Waals surface area contributed by atoms with Crippen molar-refractivity contribution in [1.82, 2.24) is 9.88 Å². The number of halogens is 1. The number of likely N-dealkylation sites (tertiary alicyclic amines) is 1. The maximum atomic E-state index is 13.1. The molecule has 0 saturated carbocycles. The van der Waals surface area contributed by atoms with Crippen LogP contribution >= 0.6 is 11.8 Å². The molecule has 5 nitrogen and oxygen atoms in total. The van der Waals surface area contributed by atoms with Crippen LogP contribution in [0.5, 0.6) is 0 Å². The highest BCUT2D eigenvalue weighted by molar-refractivity contribution is 7.98. The second-order valence-electron chi connectivity index (χ2n) is 5.87. The summed E-state index contributed by atoms with van der Waals surface area (Å²) in [6.07, 6.45) is 3.46. The number of amides is 1. The average Bonchev–Trinajstić information content (AvgIpc) is 3.07. The minimum absolute atomic E-state index is 0.124. The van der Waals surface area contributed by atoms with E-state index < -0.39 is 11.9 Å². The van der Waals surface area contributed by atoms with Crippen LogP contribution in [0.25, 0.3) is 0 Å². The van der Waals surface area contributed by atoms with Crippen LogP contribution in [-0.4, -0.2) is 46.2 Å². The monoisotopic (exact) mass is 360 g/mol. The number of carbonyl (C=O) groups is 2. The summed E-state index contributed by atoms with van der Waals surface area (Å²) in [7, 11) is 0. The van der Waals surface area contributed by atoms with Crippen molar-refractivity contribution in [3.63, 3.8) is 0 Å². The van der Waals surface area contributed by atoms with Gasteiger partial charge in [0.25, 0.3) is 5.91 Å². The lowest BCUT2D eigenvalue weighted by atomic mass is 9.89. The summed E-state index contributed by atoms with van der Waals surface area (Å²) in [5.74, 6) is -2.64. The molecule has 0 bridgehead atoms. The molecule has 3 rings (SSSR count). The molecule has 1 aliphatic heterocycles. The van der Waals surface area contributed by atoms with E-state index in [2.05, 4.69) is 4.98 Å². The molecular formula is C18H17FN2O3S. The fraction of sp³-hybridized carbons (Fsp3) is 0.278. The van der Waals surface area contributed by atoms with Crippen molar-refractivity contribution < 1.29 is 19.1 Å². The largest absolute Gasteiger partial charge is 0.481 e. The van der Waals surface area contributed by atoms with E-state index in [0.717, 1.165) is 5.56 Å². The van der Waals surface area contributed by atoms with Gasteiger partial charge in [-0.2, -0.15) is 0 Å². The van der Waals surface area contributed by atoms with E-state index in [1.54, 1.807) is 35.4 Å². The third-order valence-corrected chi connectivity index (χ3v) is 5.13. The van der Waals surface area contributed by atoms with Crippen LogP contribution in [-0.2, 0) is 4.79 Å². The molecule has 7 heteroatoms. The quantitative estimate of drug-likeness (QED) is 0.849. The van der Waals surface area contributed by atoms with Crippen LogP contribution in [0.1, 0.15) is 21.8 Å². The van der Waals surface area contributed by atoms with E-state index in [9.17, 15) is 19.1 Å². The van der Waals surface area contributed by atoms with Gasteiger partial charge in [-0.15, -0.1) is 11.8 Å². The van der Waals surface area contributed by atoms with Crippen LogP contribution in [0.15, 0.2) is 47.6 Å². The Morgan fingerprint density at radius 2 is 1.96 bits per heavy atom. The summed E-state index contributed by atoms with van der Waals surface area (Å²) in [4.78, 5) is 30.2. The van der Waals surface area contributed by atoms with Gasteiger partial charge in [-0.25, -0.2) is 9.37 Å². The van der Waals surface area contributed by atoms with E-state index in [-0.39, 0.29) is 30.7 Å². The summed E-state index contributed by atoms with van der Waals surface area (Å²) in [6, 6.07) is 9.18. The number of aromatic nitrogens is 1. The van der Waals surface area contributed by atoms with Crippen molar-refractivity contribution in [3.8, 4) is 0 Å². The van der Waals surface area contributed by atoms with Crippen LogP contribution in [0.2, 0.25) is 0 Å². The number of carboxylic acid groups (broad SMARTS) is 1. The van der Waals surface area contributed by atoms with Gasteiger partial charge in [-0.3, -0.25) is 9.59 Å². The summed E-state index contributed by atoms with van der Waals surface area (Å²) in [5, 5.41) is 10.2. The standard InChI is InChI=1S/C18H17FN2O3S/c1-25-16-13(3-2-8-20-16)17(22)21-9-14(15(10-21)18(23)24)11-4-6-12(19)7-5-11/h2-8,14-15H,9-10H2,1H3,(H,23,24)/t14-,15+/m0/s1. The molecule has 1 aliphatic rings. The molecule has 1 saturated heterocycles. The zero-order valence-electron chi connectivity index (χ0n) is 13.6. The van der Waals surface area contributed by atoms with Gasteiger partial charge >= 0.3 is 5.97 Å². The van der Waals surface area contributed by atoms with Gasteiger partial charge in [-0.05, 0) is 36.1 Å². The van der Waals surface area contributed by atoms with Crippen molar-refractivity contribution >= 4 is 23.6 Å². The first kappa shape index (κ1) is 17.4. The molecular weight excluding hydrogens is 343 g/mol. The lowest BCUT2D eigenvalue weighted by Crippen LogP contribution is -2.30. The SMILES string of the molecule is CSc1ncccc1C(=O)N1C[C@@H](C(=O)O)[C@H](c2ccc(F)cc2)C1. The minimum atomic E-state index is -0.957. The lowest BCUT2D eigenvalue weighted by Gasteiger charge is -2.17. The van der Waals surface area contributed by atoms with Gasteiger partial charge in [0.2, 0.25) is 0 Å². The molecule has 0 unspecified atom stereocenters. The third-order valence-electron chi connectivity index (χ3n) is 4.42. The van der Waals surface area contributed by atoms with Gasteiger partial charge in [0.15, 0.2) is 0 Å². The molecule has 2 aromatic rings. The molecule has 1 aromatic carbocycles. The topological polar surface area (TPSA) is 70.5 Å². The maximum absolute atomic E-state index is 13.1. The molecule has 1 aromatic heterocycles. The van der Waals surface area contributed by atoms with E-state index in [1.807, 2.05) is 6.26 Å². The van der Waals surface area contributed by atoms with Crippen LogP contribution < -0.4 is 0 Å². The Morgan fingerprint density at radius 1 is 1.24 bits per heavy atom. The normalized spacial score (nSPS) is 19.8. The smallest absolute Gasteiger partial charge is 0.308 e. The Labute approximate surface area is 148 Å². The Bertz CT molecular complexity index is 797. The Balaban J connectivity index is 1.88. The summed E-state index contributed by atoms with van der Waals surface area (Å²) in [5.41, 5.74) is 1.19. The fourth-order valence-electron chi connectivity index (χ4n) is 3.15. The molecule has 0 spiro atoms. The highest BCUT2D eigenvalue weighted by Gasteiger charge is 2.41. The Morgan fingerprint density at radius 3 is 2.60 bits per heavy atom. The average molecular weight is 360 g/mol. The first-order valence-electron chi connectivity index (χ1n) is 7.77. The second-order valence-corrected chi connectivity index (χ2v) is 6.67. The maximum Gasteiger partial charge on any atom is 0.308 e. The summed E-state index contributed by atoms with van der Waals surface area (Å²) < 4.78 is 13.1.